The Morgan fingerprint density at radius 2 is 1.72 bits per heavy atom. The van der Waals surface area contributed by atoms with Gasteiger partial charge in [-0.25, -0.2) is 0 Å². The minimum Gasteiger partial charge on any atom is -0.342 e. The van der Waals surface area contributed by atoms with Crippen LogP contribution in [0, 0.1) is 11.8 Å². The smallest absolute Gasteiger partial charge is 0.253 e. The van der Waals surface area contributed by atoms with Crippen LogP contribution in [0.4, 0.5) is 5.69 Å². The zero-order valence-electron chi connectivity index (χ0n) is 27.7. The van der Waals surface area contributed by atoms with E-state index in [0.29, 0.717) is 30.7 Å². The van der Waals surface area contributed by atoms with Gasteiger partial charge in [0.05, 0.1) is 17.0 Å². The minimum atomic E-state index is -0.745. The number of amides is 2. The van der Waals surface area contributed by atoms with Crippen molar-refractivity contribution < 1.29 is 14.4 Å². The lowest BCUT2D eigenvalue weighted by molar-refractivity contribution is -0.125. The molecule has 0 radical (unpaired) electrons. The van der Waals surface area contributed by atoms with E-state index in [-0.39, 0.29) is 29.4 Å². The molecule has 8 heteroatoms. The van der Waals surface area contributed by atoms with Gasteiger partial charge >= 0.3 is 0 Å². The number of aromatic nitrogens is 1. The first-order chi connectivity index (χ1) is 22.7. The number of anilines is 1. The number of pyridine rings is 1. The van der Waals surface area contributed by atoms with Crippen LogP contribution in [0.5, 0.6) is 0 Å². The van der Waals surface area contributed by atoms with Crippen LogP contribution in [0.3, 0.4) is 0 Å². The molecule has 8 nitrogen and oxygen atoms in total. The van der Waals surface area contributed by atoms with Crippen molar-refractivity contribution in [3.63, 3.8) is 0 Å². The highest BCUT2D eigenvalue weighted by Gasteiger charge is 2.51. The second-order valence-electron chi connectivity index (χ2n) is 14.4. The number of nitrogens with one attached hydrogen (secondary N) is 2. The highest BCUT2D eigenvalue weighted by Crippen LogP contribution is 2.47. The van der Waals surface area contributed by atoms with Crippen LogP contribution in [0.15, 0.2) is 66.9 Å². The van der Waals surface area contributed by atoms with Crippen molar-refractivity contribution in [1.82, 2.24) is 20.1 Å². The molecule has 1 saturated carbocycles. The van der Waals surface area contributed by atoms with Crippen molar-refractivity contribution >= 4 is 29.4 Å². The third-order valence-electron chi connectivity index (χ3n) is 11.1. The summed E-state index contributed by atoms with van der Waals surface area (Å²) in [5.74, 6) is 0.145. The summed E-state index contributed by atoms with van der Waals surface area (Å²) in [4.78, 5) is 51.0. The predicted molar refractivity (Wildman–Crippen MR) is 184 cm³/mol. The summed E-state index contributed by atoms with van der Waals surface area (Å²) in [7, 11) is 4.25. The van der Waals surface area contributed by atoms with E-state index in [0.717, 1.165) is 67.1 Å². The number of hydrogen-bond donors (Lipinski definition) is 2. The summed E-state index contributed by atoms with van der Waals surface area (Å²) in [6.45, 7) is 5.69. The molecular weight excluding hydrogens is 586 g/mol. The maximum absolute atomic E-state index is 14.2. The number of rotatable bonds is 1. The quantitative estimate of drug-likeness (QED) is 0.399. The molecule has 2 amide bonds. The van der Waals surface area contributed by atoms with Gasteiger partial charge in [-0.15, -0.1) is 0 Å². The van der Waals surface area contributed by atoms with Gasteiger partial charge in [-0.3, -0.25) is 19.4 Å². The fraction of sp³-hybridized carbons (Fsp3) is 0.436. The summed E-state index contributed by atoms with van der Waals surface area (Å²) in [6.07, 6.45) is 9.02. The van der Waals surface area contributed by atoms with Crippen molar-refractivity contribution in [2.24, 2.45) is 11.8 Å². The molecule has 4 aliphatic rings. The molecule has 47 heavy (non-hydrogen) atoms. The Morgan fingerprint density at radius 3 is 2.55 bits per heavy atom. The molecule has 1 aromatic heterocycles. The number of hydrogen-bond acceptors (Lipinski definition) is 6. The highest BCUT2D eigenvalue weighted by molar-refractivity contribution is 6.07. The van der Waals surface area contributed by atoms with Crippen LogP contribution in [0.2, 0.25) is 0 Å². The van der Waals surface area contributed by atoms with Gasteiger partial charge in [-0.05, 0) is 98.6 Å². The van der Waals surface area contributed by atoms with Gasteiger partial charge in [0.25, 0.3) is 5.91 Å². The fourth-order valence-corrected chi connectivity index (χ4v) is 8.24. The first kappa shape index (κ1) is 31.5. The van der Waals surface area contributed by atoms with Crippen LogP contribution in [0.1, 0.15) is 70.4 Å². The van der Waals surface area contributed by atoms with Crippen molar-refractivity contribution in [2.45, 2.75) is 56.4 Å². The number of carbonyl (C=O) groups excluding carboxylic acids is 3. The number of ketones is 1. The molecule has 5 atom stereocenters. The maximum Gasteiger partial charge on any atom is 0.253 e. The molecule has 2 aromatic carbocycles. The molecule has 3 aromatic rings. The number of fused-ring (bicyclic) bond motifs is 4. The van der Waals surface area contributed by atoms with Gasteiger partial charge in [0.2, 0.25) is 5.91 Å². The molecule has 4 unspecified atom stereocenters. The number of likely N-dealkylation sites (N-methyl/N-ethyl adjacent to an activating group) is 2. The van der Waals surface area contributed by atoms with Crippen LogP contribution in [-0.2, 0) is 27.8 Å². The number of carbonyl (C=O) groups is 3. The van der Waals surface area contributed by atoms with Gasteiger partial charge in [0.1, 0.15) is 0 Å². The zero-order chi connectivity index (χ0) is 32.7. The van der Waals surface area contributed by atoms with Crippen LogP contribution >= 0.6 is 0 Å². The predicted octanol–water partition coefficient (Wildman–Crippen LogP) is 4.85. The summed E-state index contributed by atoms with van der Waals surface area (Å²) in [5.41, 5.74) is 5.55. The van der Waals surface area contributed by atoms with Gasteiger partial charge in [0.15, 0.2) is 5.78 Å². The Morgan fingerprint density at radius 1 is 0.915 bits per heavy atom. The normalized spacial score (nSPS) is 29.4. The zero-order valence-corrected chi connectivity index (χ0v) is 27.7. The third-order valence-corrected chi connectivity index (χ3v) is 11.1. The lowest BCUT2D eigenvalue weighted by Gasteiger charge is -2.25. The Bertz CT molecular complexity index is 1720. The van der Waals surface area contributed by atoms with Crippen LogP contribution < -0.4 is 10.6 Å². The summed E-state index contributed by atoms with van der Waals surface area (Å²) in [6, 6.07) is 17.9. The molecule has 3 heterocycles. The molecule has 7 rings (SSSR count). The largest absolute Gasteiger partial charge is 0.342 e. The van der Waals surface area contributed by atoms with E-state index in [9.17, 15) is 14.4 Å². The first-order valence-corrected chi connectivity index (χ1v) is 17.1. The van der Waals surface area contributed by atoms with E-state index >= 15 is 0 Å². The number of nitrogens with zero attached hydrogens (tertiary/aromatic N) is 3. The van der Waals surface area contributed by atoms with E-state index in [2.05, 4.69) is 83.9 Å². The van der Waals surface area contributed by atoms with Crippen molar-refractivity contribution in [3.05, 3.63) is 100 Å². The monoisotopic (exact) mass is 631 g/mol. The van der Waals surface area contributed by atoms with E-state index in [1.165, 1.54) is 5.56 Å². The van der Waals surface area contributed by atoms with Gasteiger partial charge < -0.3 is 20.4 Å². The second kappa shape index (κ2) is 12.8. The molecule has 0 saturated heterocycles. The summed E-state index contributed by atoms with van der Waals surface area (Å²) >= 11 is 0. The highest BCUT2D eigenvalue weighted by atomic mass is 16.2. The molecule has 2 N–H and O–H groups in total. The fourth-order valence-electron chi connectivity index (χ4n) is 8.24. The van der Waals surface area contributed by atoms with Crippen molar-refractivity contribution in [1.29, 1.82) is 0 Å². The standard InChI is InChI=1S/C39H45N5O3/c1-25-18-28-13-15-44(3)17-16-43(2)14-7-8-26-11-12-33-32(19-26)39(38(47)42-33)22-29-20-30(24-40-35(29)23-39)37(46)41-34(36(28)45)21-31(25)27-9-5-4-6-10-27/h4-12,19-20,24-25,28,31,34H,13-18,21-23H2,1-3H3,(H,41,46)(H,42,47)/b8-7+/t25?,28?,31?,34?,39-/m0/s1. The second-order valence-corrected chi connectivity index (χ2v) is 14.4. The van der Waals surface area contributed by atoms with Crippen molar-refractivity contribution in [2.75, 3.05) is 45.6 Å². The van der Waals surface area contributed by atoms with Crippen molar-refractivity contribution in [3.8, 4) is 0 Å². The Hall–Kier alpha value is -4.14. The van der Waals surface area contributed by atoms with Crippen LogP contribution in [0.25, 0.3) is 6.08 Å². The number of Topliss-reactive ketones (excluding diaryl/α,β-unsaturated/α-hetero) is 1. The van der Waals surface area contributed by atoms with E-state index in [1.54, 1.807) is 6.20 Å². The van der Waals surface area contributed by atoms with Gasteiger partial charge in [0, 0.05) is 49.6 Å². The SMILES string of the molecule is CC1CC2CCN(C)CCN(C)C/C=C/c3ccc4c(c3)[C@@]3(Cc5cc(cnc5C3)C(=O)NC(CC1c1ccccc1)C2=O)C(=O)N4. The summed E-state index contributed by atoms with van der Waals surface area (Å²) in [5, 5.41) is 6.27. The Balaban J connectivity index is 1.23. The molecule has 1 spiro atoms. The van der Waals surface area contributed by atoms with E-state index in [4.69, 9.17) is 4.98 Å². The molecule has 1 fully saturated rings. The lowest BCUT2D eigenvalue weighted by Crippen LogP contribution is -2.44. The first-order valence-electron chi connectivity index (χ1n) is 17.1. The average Bonchev–Trinajstić information content (AvgIpc) is 3.55. The minimum absolute atomic E-state index is 0.0212. The topological polar surface area (TPSA) is 94.6 Å². The lowest BCUT2D eigenvalue weighted by atomic mass is 9.78. The van der Waals surface area contributed by atoms with Gasteiger partial charge in [-0.1, -0.05) is 55.5 Å². The average molecular weight is 632 g/mol. The number of benzene rings is 2. The van der Waals surface area contributed by atoms with E-state index in [1.807, 2.05) is 24.3 Å². The Labute approximate surface area is 277 Å². The summed E-state index contributed by atoms with van der Waals surface area (Å²) < 4.78 is 0. The van der Waals surface area contributed by atoms with Crippen LogP contribution in [-0.4, -0.2) is 78.7 Å². The molecule has 7 bridgehead atoms. The van der Waals surface area contributed by atoms with Gasteiger partial charge in [-0.2, -0.15) is 0 Å². The molecule has 2 aliphatic carbocycles. The third kappa shape index (κ3) is 6.17. The maximum atomic E-state index is 14.2. The molecule has 244 valence electrons. The molecular formula is C39H45N5O3. The van der Waals surface area contributed by atoms with E-state index < -0.39 is 11.5 Å². The Kier molecular flexibility index (Phi) is 8.57. The molecule has 2 aliphatic heterocycles.